The van der Waals surface area contributed by atoms with Crippen molar-refractivity contribution >= 4 is 17.2 Å². The third kappa shape index (κ3) is 3.35. The summed E-state index contributed by atoms with van der Waals surface area (Å²) in [5, 5.41) is 3.02. The van der Waals surface area contributed by atoms with Crippen molar-refractivity contribution < 1.29 is 9.21 Å². The summed E-state index contributed by atoms with van der Waals surface area (Å²) in [5.74, 6) is 0.823. The van der Waals surface area contributed by atoms with E-state index in [0.29, 0.717) is 19.6 Å². The van der Waals surface area contributed by atoms with E-state index in [1.54, 1.807) is 18.7 Å². The van der Waals surface area contributed by atoms with Gasteiger partial charge < -0.3 is 19.2 Å². The van der Waals surface area contributed by atoms with Crippen molar-refractivity contribution in [3.63, 3.8) is 0 Å². The average Bonchev–Trinajstić information content (AvgIpc) is 3.51. The molecule has 0 radical (unpaired) electrons. The summed E-state index contributed by atoms with van der Waals surface area (Å²) >= 11 is 0. The number of carbonyl (C=O) groups excluding carboxylic acids is 1. The van der Waals surface area contributed by atoms with E-state index in [-0.39, 0.29) is 12.1 Å². The summed E-state index contributed by atoms with van der Waals surface area (Å²) in [5.41, 5.74) is 3.68. The normalized spacial score (nSPS) is 16.4. The predicted octanol–water partition coefficient (Wildman–Crippen LogP) is 3.85. The molecule has 0 unspecified atom stereocenters. The van der Waals surface area contributed by atoms with Crippen molar-refractivity contribution in [2.45, 2.75) is 19.0 Å². The van der Waals surface area contributed by atoms with Crippen LogP contribution in [0.1, 0.15) is 18.0 Å². The molecule has 1 fully saturated rings. The lowest BCUT2D eigenvalue weighted by Crippen LogP contribution is -2.38. The van der Waals surface area contributed by atoms with Crippen molar-refractivity contribution in [1.29, 1.82) is 0 Å². The fourth-order valence-corrected chi connectivity index (χ4v) is 3.89. The standard InChI is InChI=1S/C22H21N5O2/c28-22(24-13-16-5-2-1-3-6-16)26-11-8-18(14-26)27-20(17-9-12-29-15-17)25-19-7-4-10-23-21(19)27/h1-7,9-10,12,15,18H,8,11,13-14H2,(H,24,28)/t18-/m0/s1. The van der Waals surface area contributed by atoms with Crippen molar-refractivity contribution in [2.75, 3.05) is 13.1 Å². The van der Waals surface area contributed by atoms with E-state index in [0.717, 1.165) is 34.5 Å². The molecule has 7 nitrogen and oxygen atoms in total. The first-order chi connectivity index (χ1) is 14.3. The number of carbonyl (C=O) groups is 1. The van der Waals surface area contributed by atoms with Crippen LogP contribution in [0, 0.1) is 0 Å². The molecule has 1 aliphatic heterocycles. The van der Waals surface area contributed by atoms with Crippen LogP contribution in [0.2, 0.25) is 0 Å². The first-order valence-electron chi connectivity index (χ1n) is 9.72. The summed E-state index contributed by atoms with van der Waals surface area (Å²) in [6.45, 7) is 1.84. The van der Waals surface area contributed by atoms with Crippen molar-refractivity contribution in [1.82, 2.24) is 24.8 Å². The van der Waals surface area contributed by atoms with E-state index in [2.05, 4.69) is 14.9 Å². The molecule has 0 aliphatic carbocycles. The SMILES string of the molecule is O=C(NCc1ccccc1)N1CC[C@H](n2c(-c3ccoc3)nc3cccnc32)C1. The lowest BCUT2D eigenvalue weighted by Gasteiger charge is -2.19. The highest BCUT2D eigenvalue weighted by Gasteiger charge is 2.31. The molecule has 4 heterocycles. The monoisotopic (exact) mass is 387 g/mol. The number of hydrogen-bond donors (Lipinski definition) is 1. The Morgan fingerprint density at radius 3 is 2.90 bits per heavy atom. The largest absolute Gasteiger partial charge is 0.472 e. The molecule has 0 spiro atoms. The molecule has 146 valence electrons. The molecule has 1 N–H and O–H groups in total. The van der Waals surface area contributed by atoms with Crippen molar-refractivity contribution in [3.05, 3.63) is 72.8 Å². The number of hydrogen-bond acceptors (Lipinski definition) is 4. The molecule has 0 saturated carbocycles. The molecular formula is C22H21N5O2. The fraction of sp³-hybridized carbons (Fsp3) is 0.227. The number of fused-ring (bicyclic) bond motifs is 1. The quantitative estimate of drug-likeness (QED) is 0.577. The smallest absolute Gasteiger partial charge is 0.317 e. The molecule has 1 atom stereocenters. The molecule has 1 saturated heterocycles. The first-order valence-corrected chi connectivity index (χ1v) is 9.72. The molecule has 2 amide bonds. The minimum Gasteiger partial charge on any atom is -0.472 e. The fourth-order valence-electron chi connectivity index (χ4n) is 3.89. The van der Waals surface area contributed by atoms with Crippen LogP contribution in [0.4, 0.5) is 4.79 Å². The van der Waals surface area contributed by atoms with E-state index in [9.17, 15) is 4.79 Å². The summed E-state index contributed by atoms with van der Waals surface area (Å²) < 4.78 is 7.41. The summed E-state index contributed by atoms with van der Waals surface area (Å²) in [4.78, 5) is 23.9. The number of amides is 2. The van der Waals surface area contributed by atoms with Gasteiger partial charge in [-0.15, -0.1) is 0 Å². The third-order valence-electron chi connectivity index (χ3n) is 5.33. The van der Waals surface area contributed by atoms with Gasteiger partial charge >= 0.3 is 6.03 Å². The number of aromatic nitrogens is 3. The predicted molar refractivity (Wildman–Crippen MR) is 109 cm³/mol. The van der Waals surface area contributed by atoms with Gasteiger partial charge in [0.1, 0.15) is 17.6 Å². The first kappa shape index (κ1) is 17.5. The number of imidazole rings is 1. The zero-order chi connectivity index (χ0) is 19.6. The number of urea groups is 1. The van der Waals surface area contributed by atoms with E-state index in [4.69, 9.17) is 9.40 Å². The van der Waals surface area contributed by atoms with E-state index < -0.39 is 0 Å². The highest BCUT2D eigenvalue weighted by molar-refractivity contribution is 5.78. The van der Waals surface area contributed by atoms with Crippen LogP contribution in [0.25, 0.3) is 22.6 Å². The number of rotatable bonds is 4. The van der Waals surface area contributed by atoms with Crippen LogP contribution in [-0.2, 0) is 6.54 Å². The summed E-state index contributed by atoms with van der Waals surface area (Å²) in [7, 11) is 0. The van der Waals surface area contributed by atoms with Gasteiger partial charge in [0.2, 0.25) is 0 Å². The lowest BCUT2D eigenvalue weighted by atomic mass is 10.2. The summed E-state index contributed by atoms with van der Waals surface area (Å²) in [6, 6.07) is 15.7. The van der Waals surface area contributed by atoms with E-state index >= 15 is 0 Å². The Morgan fingerprint density at radius 2 is 2.07 bits per heavy atom. The van der Waals surface area contributed by atoms with Gasteiger partial charge in [0.25, 0.3) is 0 Å². The average molecular weight is 387 g/mol. The number of pyridine rings is 1. The third-order valence-corrected chi connectivity index (χ3v) is 5.33. The molecule has 3 aromatic heterocycles. The van der Waals surface area contributed by atoms with Gasteiger partial charge in [-0.25, -0.2) is 14.8 Å². The number of benzene rings is 1. The Morgan fingerprint density at radius 1 is 1.17 bits per heavy atom. The number of likely N-dealkylation sites (tertiary alicyclic amines) is 1. The molecule has 29 heavy (non-hydrogen) atoms. The maximum atomic E-state index is 12.7. The molecular weight excluding hydrogens is 366 g/mol. The van der Waals surface area contributed by atoms with Gasteiger partial charge in [0.05, 0.1) is 17.9 Å². The molecule has 1 aliphatic rings. The van der Waals surface area contributed by atoms with Crippen LogP contribution in [-0.4, -0.2) is 38.6 Å². The Labute approximate surface area is 168 Å². The second-order valence-electron chi connectivity index (χ2n) is 7.20. The molecule has 7 heteroatoms. The second kappa shape index (κ2) is 7.43. The number of nitrogens with zero attached hydrogens (tertiary/aromatic N) is 4. The Bertz CT molecular complexity index is 1120. The van der Waals surface area contributed by atoms with Gasteiger partial charge in [-0.3, -0.25) is 0 Å². The zero-order valence-electron chi connectivity index (χ0n) is 15.9. The van der Waals surface area contributed by atoms with E-state index in [1.807, 2.05) is 53.4 Å². The number of nitrogens with one attached hydrogen (secondary N) is 1. The van der Waals surface area contributed by atoms with Crippen molar-refractivity contribution in [3.8, 4) is 11.4 Å². The van der Waals surface area contributed by atoms with Gasteiger partial charge in [-0.05, 0) is 30.2 Å². The van der Waals surface area contributed by atoms with Crippen LogP contribution in [0.5, 0.6) is 0 Å². The van der Waals surface area contributed by atoms with E-state index in [1.165, 1.54) is 0 Å². The van der Waals surface area contributed by atoms with Crippen molar-refractivity contribution in [2.24, 2.45) is 0 Å². The Kier molecular flexibility index (Phi) is 4.48. The van der Waals surface area contributed by atoms with Crippen LogP contribution < -0.4 is 5.32 Å². The molecule has 1 aromatic carbocycles. The zero-order valence-corrected chi connectivity index (χ0v) is 15.9. The van der Waals surface area contributed by atoms with Crippen LogP contribution in [0.15, 0.2) is 71.7 Å². The second-order valence-corrected chi connectivity index (χ2v) is 7.20. The maximum Gasteiger partial charge on any atom is 0.317 e. The molecule has 4 aromatic rings. The van der Waals surface area contributed by atoms with Gasteiger partial charge in [-0.2, -0.15) is 0 Å². The minimum atomic E-state index is -0.0430. The van der Waals surface area contributed by atoms with Crippen LogP contribution in [0.3, 0.4) is 0 Å². The maximum absolute atomic E-state index is 12.7. The summed E-state index contributed by atoms with van der Waals surface area (Å²) in [6.07, 6.45) is 5.96. The topological polar surface area (TPSA) is 76.2 Å². The molecule has 5 rings (SSSR count). The van der Waals surface area contributed by atoms with Gasteiger partial charge in [0, 0.05) is 25.8 Å². The Hall–Kier alpha value is -3.61. The van der Waals surface area contributed by atoms with Gasteiger partial charge in [0.15, 0.2) is 5.65 Å². The molecule has 0 bridgehead atoms. The highest BCUT2D eigenvalue weighted by Crippen LogP contribution is 2.32. The number of furan rings is 1. The lowest BCUT2D eigenvalue weighted by molar-refractivity contribution is 0.207. The minimum absolute atomic E-state index is 0.0430. The van der Waals surface area contributed by atoms with Crippen LogP contribution >= 0.6 is 0 Å². The highest BCUT2D eigenvalue weighted by atomic mass is 16.3. The van der Waals surface area contributed by atoms with Gasteiger partial charge in [-0.1, -0.05) is 30.3 Å². The Balaban J connectivity index is 1.37.